The summed E-state index contributed by atoms with van der Waals surface area (Å²) in [4.78, 5) is 0. The molecule has 0 saturated carbocycles. The molecule has 0 aliphatic carbocycles. The van der Waals surface area contributed by atoms with Gasteiger partial charge in [-0.3, -0.25) is 0 Å². The van der Waals surface area contributed by atoms with Crippen LogP contribution >= 0.6 is 0 Å². The minimum absolute atomic E-state index is 0.895. The molecule has 31 heavy (non-hydrogen) atoms. The van der Waals surface area contributed by atoms with Crippen LogP contribution in [0.2, 0.25) is 0 Å². The molecule has 0 spiro atoms. The number of nitrogens with one attached hydrogen (secondary N) is 1. The Morgan fingerprint density at radius 1 is 0.419 bits per heavy atom. The van der Waals surface area contributed by atoms with Crippen LogP contribution in [0.25, 0.3) is 54.6 Å². The van der Waals surface area contributed by atoms with Gasteiger partial charge in [0, 0.05) is 32.9 Å². The molecular formula is C28H17NO2. The minimum Gasteiger partial charge on any atom is -0.456 e. The lowest BCUT2D eigenvalue weighted by molar-refractivity contribution is 0.669. The first-order valence-corrected chi connectivity index (χ1v) is 10.4. The van der Waals surface area contributed by atoms with E-state index in [2.05, 4.69) is 72.0 Å². The molecule has 7 rings (SSSR count). The SMILES string of the molecule is c1ccc2cc3c(cc2c1)oc1ccc(Nc2ccc4oc5ccccc5c4c2)cc13. The maximum atomic E-state index is 6.12. The van der Waals surface area contributed by atoms with Crippen LogP contribution in [-0.2, 0) is 0 Å². The fraction of sp³-hybridized carbons (Fsp3) is 0. The normalized spacial score (nSPS) is 11.9. The van der Waals surface area contributed by atoms with Crippen LogP contribution < -0.4 is 5.32 Å². The predicted octanol–water partition coefficient (Wildman–Crippen LogP) is 8.38. The lowest BCUT2D eigenvalue weighted by atomic mass is 10.1. The van der Waals surface area contributed by atoms with Gasteiger partial charge in [0.1, 0.15) is 22.3 Å². The molecule has 3 nitrogen and oxygen atoms in total. The molecule has 5 aromatic carbocycles. The number of fused-ring (bicyclic) bond motifs is 7. The summed E-state index contributed by atoms with van der Waals surface area (Å²) in [5.41, 5.74) is 5.67. The third-order valence-electron chi connectivity index (χ3n) is 6.00. The number of rotatable bonds is 2. The van der Waals surface area contributed by atoms with Gasteiger partial charge in [-0.1, -0.05) is 42.5 Å². The number of hydrogen-bond donors (Lipinski definition) is 1. The molecule has 2 aromatic heterocycles. The molecule has 0 aliphatic heterocycles. The molecule has 0 bridgehead atoms. The zero-order chi connectivity index (χ0) is 20.4. The van der Waals surface area contributed by atoms with Crippen LogP contribution in [0.1, 0.15) is 0 Å². The summed E-state index contributed by atoms with van der Waals surface area (Å²) in [6, 6.07) is 33.3. The molecule has 0 aliphatic rings. The second kappa shape index (κ2) is 6.13. The van der Waals surface area contributed by atoms with Gasteiger partial charge in [-0.05, 0) is 65.4 Å². The Balaban J connectivity index is 1.35. The molecule has 2 heterocycles. The second-order valence-electron chi connectivity index (χ2n) is 7.94. The molecule has 0 amide bonds. The molecule has 0 fully saturated rings. The van der Waals surface area contributed by atoms with Gasteiger partial charge in [0.2, 0.25) is 0 Å². The highest BCUT2D eigenvalue weighted by Gasteiger charge is 2.11. The molecule has 1 N–H and O–H groups in total. The fourth-order valence-corrected chi connectivity index (χ4v) is 4.51. The van der Waals surface area contributed by atoms with E-state index in [1.807, 2.05) is 30.3 Å². The molecule has 0 atom stereocenters. The van der Waals surface area contributed by atoms with E-state index < -0.39 is 0 Å². The van der Waals surface area contributed by atoms with Crippen molar-refractivity contribution in [2.45, 2.75) is 0 Å². The standard InChI is InChI=1S/C28H17NO2/c1-2-6-18-14-28-22(13-17(18)5-1)24-16-20(10-12-27(24)31-28)29-19-9-11-26-23(15-19)21-7-3-4-8-25(21)30-26/h1-16,29H. The van der Waals surface area contributed by atoms with Crippen LogP contribution in [0.3, 0.4) is 0 Å². The maximum absolute atomic E-state index is 6.12. The predicted molar refractivity (Wildman–Crippen MR) is 128 cm³/mol. The Morgan fingerprint density at radius 3 is 1.74 bits per heavy atom. The van der Waals surface area contributed by atoms with Crippen molar-refractivity contribution in [3.63, 3.8) is 0 Å². The average molecular weight is 399 g/mol. The van der Waals surface area contributed by atoms with Crippen molar-refractivity contribution >= 4 is 66.0 Å². The van der Waals surface area contributed by atoms with E-state index in [1.165, 1.54) is 10.8 Å². The van der Waals surface area contributed by atoms with Crippen molar-refractivity contribution in [1.29, 1.82) is 0 Å². The zero-order valence-electron chi connectivity index (χ0n) is 16.6. The maximum Gasteiger partial charge on any atom is 0.136 e. The van der Waals surface area contributed by atoms with E-state index in [-0.39, 0.29) is 0 Å². The molecule has 146 valence electrons. The van der Waals surface area contributed by atoms with Crippen molar-refractivity contribution in [1.82, 2.24) is 0 Å². The van der Waals surface area contributed by atoms with Crippen LogP contribution in [0.15, 0.2) is 106 Å². The molecule has 7 aromatic rings. The van der Waals surface area contributed by atoms with E-state index in [0.29, 0.717) is 0 Å². The van der Waals surface area contributed by atoms with Gasteiger partial charge in [0.15, 0.2) is 0 Å². The highest BCUT2D eigenvalue weighted by Crippen LogP contribution is 2.35. The Labute approximate surface area is 177 Å². The van der Waals surface area contributed by atoms with E-state index in [4.69, 9.17) is 8.83 Å². The van der Waals surface area contributed by atoms with E-state index in [0.717, 1.165) is 55.3 Å². The average Bonchev–Trinajstić information content (AvgIpc) is 3.35. The Morgan fingerprint density at radius 2 is 0.968 bits per heavy atom. The first kappa shape index (κ1) is 16.5. The summed E-state index contributed by atoms with van der Waals surface area (Å²) in [5, 5.41) is 10.4. The minimum atomic E-state index is 0.895. The topological polar surface area (TPSA) is 38.3 Å². The van der Waals surface area contributed by atoms with E-state index >= 15 is 0 Å². The molecule has 0 saturated heterocycles. The molecule has 3 heteroatoms. The number of furan rings is 2. The van der Waals surface area contributed by atoms with Crippen molar-refractivity contribution in [2.24, 2.45) is 0 Å². The summed E-state index contributed by atoms with van der Waals surface area (Å²) in [7, 11) is 0. The van der Waals surface area contributed by atoms with Gasteiger partial charge in [0.05, 0.1) is 0 Å². The summed E-state index contributed by atoms with van der Waals surface area (Å²) < 4.78 is 12.1. The van der Waals surface area contributed by atoms with E-state index in [9.17, 15) is 0 Å². The first-order chi connectivity index (χ1) is 15.3. The first-order valence-electron chi connectivity index (χ1n) is 10.4. The fourth-order valence-electron chi connectivity index (χ4n) is 4.51. The smallest absolute Gasteiger partial charge is 0.136 e. The van der Waals surface area contributed by atoms with Crippen molar-refractivity contribution < 1.29 is 8.83 Å². The van der Waals surface area contributed by atoms with Gasteiger partial charge in [-0.2, -0.15) is 0 Å². The monoisotopic (exact) mass is 399 g/mol. The summed E-state index contributed by atoms with van der Waals surface area (Å²) in [6.45, 7) is 0. The van der Waals surface area contributed by atoms with Crippen LogP contribution in [0, 0.1) is 0 Å². The van der Waals surface area contributed by atoms with Crippen molar-refractivity contribution in [2.75, 3.05) is 5.32 Å². The van der Waals surface area contributed by atoms with Crippen LogP contribution in [0.5, 0.6) is 0 Å². The number of hydrogen-bond acceptors (Lipinski definition) is 3. The quantitative estimate of drug-likeness (QED) is 0.317. The molecule has 0 unspecified atom stereocenters. The Bertz CT molecular complexity index is 1770. The Hall–Kier alpha value is -4.24. The van der Waals surface area contributed by atoms with E-state index in [1.54, 1.807) is 0 Å². The lowest BCUT2D eigenvalue weighted by Gasteiger charge is -2.06. The van der Waals surface area contributed by atoms with Gasteiger partial charge >= 0.3 is 0 Å². The third-order valence-corrected chi connectivity index (χ3v) is 6.00. The van der Waals surface area contributed by atoms with Crippen LogP contribution in [-0.4, -0.2) is 0 Å². The lowest BCUT2D eigenvalue weighted by Crippen LogP contribution is -1.89. The van der Waals surface area contributed by atoms with Crippen LogP contribution in [0.4, 0.5) is 11.4 Å². The second-order valence-corrected chi connectivity index (χ2v) is 7.94. The molecule has 0 radical (unpaired) electrons. The highest BCUT2D eigenvalue weighted by molar-refractivity contribution is 6.11. The summed E-state index contributed by atoms with van der Waals surface area (Å²) in [5.74, 6) is 0. The Kier molecular flexibility index (Phi) is 3.27. The molecular weight excluding hydrogens is 382 g/mol. The summed E-state index contributed by atoms with van der Waals surface area (Å²) >= 11 is 0. The van der Waals surface area contributed by atoms with Crippen molar-refractivity contribution in [3.05, 3.63) is 97.1 Å². The number of benzene rings is 5. The zero-order valence-corrected chi connectivity index (χ0v) is 16.6. The van der Waals surface area contributed by atoms with Gasteiger partial charge in [-0.15, -0.1) is 0 Å². The van der Waals surface area contributed by atoms with Gasteiger partial charge in [0.25, 0.3) is 0 Å². The largest absolute Gasteiger partial charge is 0.456 e. The summed E-state index contributed by atoms with van der Waals surface area (Å²) in [6.07, 6.45) is 0. The number of anilines is 2. The van der Waals surface area contributed by atoms with Gasteiger partial charge < -0.3 is 14.2 Å². The van der Waals surface area contributed by atoms with Gasteiger partial charge in [-0.25, -0.2) is 0 Å². The number of para-hydroxylation sites is 1. The highest BCUT2D eigenvalue weighted by atomic mass is 16.3. The third kappa shape index (κ3) is 2.53. The van der Waals surface area contributed by atoms with Crippen molar-refractivity contribution in [3.8, 4) is 0 Å².